The Bertz CT molecular complexity index is 368. The van der Waals surface area contributed by atoms with Crippen LogP contribution < -0.4 is 10.6 Å². The van der Waals surface area contributed by atoms with Gasteiger partial charge in [0.05, 0.1) is 6.10 Å². The van der Waals surface area contributed by atoms with Crippen molar-refractivity contribution in [2.45, 2.75) is 31.9 Å². The van der Waals surface area contributed by atoms with Crippen molar-refractivity contribution in [3.05, 3.63) is 10.8 Å². The van der Waals surface area contributed by atoms with E-state index in [0.717, 1.165) is 35.5 Å². The van der Waals surface area contributed by atoms with E-state index < -0.39 is 0 Å². The van der Waals surface area contributed by atoms with Crippen LogP contribution in [0.15, 0.2) is 10.8 Å². The van der Waals surface area contributed by atoms with Crippen molar-refractivity contribution >= 4 is 27.6 Å². The van der Waals surface area contributed by atoms with E-state index in [9.17, 15) is 5.11 Å². The second-order valence-electron chi connectivity index (χ2n) is 3.88. The first kappa shape index (κ1) is 11.6. The van der Waals surface area contributed by atoms with Crippen molar-refractivity contribution in [1.29, 1.82) is 0 Å². The zero-order valence-corrected chi connectivity index (χ0v) is 10.7. The van der Waals surface area contributed by atoms with Crippen molar-refractivity contribution in [2.24, 2.45) is 0 Å². The van der Waals surface area contributed by atoms with Gasteiger partial charge in [-0.1, -0.05) is 0 Å². The Balaban J connectivity index is 2.05. The van der Waals surface area contributed by atoms with Crippen LogP contribution in [0.25, 0.3) is 0 Å². The topological polar surface area (TPSA) is 70.1 Å². The van der Waals surface area contributed by atoms with Crippen molar-refractivity contribution < 1.29 is 5.11 Å². The van der Waals surface area contributed by atoms with E-state index in [4.69, 9.17) is 0 Å². The molecule has 0 bridgehead atoms. The fourth-order valence-corrected chi connectivity index (χ4v) is 2.12. The highest BCUT2D eigenvalue weighted by molar-refractivity contribution is 9.10. The number of anilines is 2. The summed E-state index contributed by atoms with van der Waals surface area (Å²) in [5.74, 6) is 1.57. The van der Waals surface area contributed by atoms with Gasteiger partial charge in [-0.3, -0.25) is 0 Å². The molecule has 0 aliphatic heterocycles. The second-order valence-corrected chi connectivity index (χ2v) is 4.67. The number of aliphatic hydroxyl groups excluding tert-OH is 1. The van der Waals surface area contributed by atoms with Crippen LogP contribution in [0, 0.1) is 0 Å². The Hall–Kier alpha value is -0.880. The summed E-state index contributed by atoms with van der Waals surface area (Å²) in [6.07, 6.45) is 2.94. The molecule has 0 aromatic carbocycles. The molecule has 0 atom stereocenters. The molecule has 1 aromatic heterocycles. The van der Waals surface area contributed by atoms with Gasteiger partial charge in [0.25, 0.3) is 0 Å². The molecular weight excluding hydrogens is 272 g/mol. The summed E-state index contributed by atoms with van der Waals surface area (Å²) in [7, 11) is 0. The lowest BCUT2D eigenvalue weighted by Gasteiger charge is -2.32. The van der Waals surface area contributed by atoms with E-state index in [1.165, 1.54) is 6.33 Å². The molecule has 0 radical (unpaired) electrons. The molecule has 3 N–H and O–H groups in total. The monoisotopic (exact) mass is 286 g/mol. The third kappa shape index (κ3) is 2.44. The maximum Gasteiger partial charge on any atom is 0.146 e. The fraction of sp³-hybridized carbons (Fsp3) is 0.600. The van der Waals surface area contributed by atoms with Crippen LogP contribution in [0.1, 0.15) is 19.8 Å². The minimum absolute atomic E-state index is 0.161. The van der Waals surface area contributed by atoms with E-state index >= 15 is 0 Å². The SMILES string of the molecule is CCNc1ncnc(NC2CC(O)C2)c1Br. The molecule has 0 amide bonds. The number of hydrogen-bond donors (Lipinski definition) is 3. The summed E-state index contributed by atoms with van der Waals surface area (Å²) in [4.78, 5) is 8.31. The molecule has 0 spiro atoms. The van der Waals surface area contributed by atoms with E-state index in [2.05, 4.69) is 36.5 Å². The van der Waals surface area contributed by atoms with Crippen LogP contribution in [0.2, 0.25) is 0 Å². The molecule has 1 aromatic rings. The molecular formula is C10H15BrN4O. The molecule has 16 heavy (non-hydrogen) atoms. The number of aromatic nitrogens is 2. The lowest BCUT2D eigenvalue weighted by Crippen LogP contribution is -2.39. The number of nitrogens with one attached hydrogen (secondary N) is 2. The number of nitrogens with zero attached hydrogens (tertiary/aromatic N) is 2. The highest BCUT2D eigenvalue weighted by Crippen LogP contribution is 2.30. The van der Waals surface area contributed by atoms with Crippen LogP contribution in [0.5, 0.6) is 0 Å². The molecule has 0 saturated heterocycles. The quantitative estimate of drug-likeness (QED) is 0.785. The Morgan fingerprint density at radius 2 is 2.12 bits per heavy atom. The standard InChI is InChI=1S/C10H15BrN4O/c1-2-12-9-8(11)10(14-5-13-9)15-6-3-7(16)4-6/h5-7,16H,2-4H2,1H3,(H2,12,13,14,15). The lowest BCUT2D eigenvalue weighted by atomic mass is 9.89. The summed E-state index contributed by atoms with van der Waals surface area (Å²) in [5.41, 5.74) is 0. The first-order valence-corrected chi connectivity index (χ1v) is 6.19. The van der Waals surface area contributed by atoms with Crippen LogP contribution >= 0.6 is 15.9 Å². The minimum Gasteiger partial charge on any atom is -0.393 e. The summed E-state index contributed by atoms with van der Waals surface area (Å²) in [6.45, 7) is 2.83. The third-order valence-electron chi connectivity index (χ3n) is 2.59. The normalized spacial score (nSPS) is 23.7. The summed E-state index contributed by atoms with van der Waals surface area (Å²) in [5, 5.41) is 15.6. The maximum absolute atomic E-state index is 9.21. The summed E-state index contributed by atoms with van der Waals surface area (Å²) in [6, 6.07) is 0.315. The molecule has 1 heterocycles. The highest BCUT2D eigenvalue weighted by Gasteiger charge is 2.27. The largest absolute Gasteiger partial charge is 0.393 e. The van der Waals surface area contributed by atoms with E-state index in [0.29, 0.717) is 6.04 Å². The van der Waals surface area contributed by atoms with Crippen molar-refractivity contribution in [2.75, 3.05) is 17.2 Å². The number of aliphatic hydroxyl groups is 1. The van der Waals surface area contributed by atoms with Gasteiger partial charge in [0.2, 0.25) is 0 Å². The molecule has 5 nitrogen and oxygen atoms in total. The van der Waals surface area contributed by atoms with E-state index in [-0.39, 0.29) is 6.10 Å². The number of halogens is 1. The van der Waals surface area contributed by atoms with Gasteiger partial charge in [0, 0.05) is 12.6 Å². The lowest BCUT2D eigenvalue weighted by molar-refractivity contribution is 0.0835. The zero-order valence-electron chi connectivity index (χ0n) is 9.07. The molecule has 1 aliphatic carbocycles. The van der Waals surface area contributed by atoms with Crippen LogP contribution in [-0.4, -0.2) is 33.8 Å². The van der Waals surface area contributed by atoms with Crippen LogP contribution in [0.4, 0.5) is 11.6 Å². The smallest absolute Gasteiger partial charge is 0.146 e. The Kier molecular flexibility index (Phi) is 3.60. The predicted octanol–water partition coefficient (Wildman–Crippen LogP) is 1.61. The maximum atomic E-state index is 9.21. The Labute approximate surface area is 103 Å². The van der Waals surface area contributed by atoms with Gasteiger partial charge in [0.15, 0.2) is 0 Å². The van der Waals surface area contributed by atoms with E-state index in [1.54, 1.807) is 0 Å². The van der Waals surface area contributed by atoms with E-state index in [1.807, 2.05) is 6.92 Å². The molecule has 1 fully saturated rings. The molecule has 2 rings (SSSR count). The fourth-order valence-electron chi connectivity index (χ4n) is 1.66. The molecule has 88 valence electrons. The van der Waals surface area contributed by atoms with Gasteiger partial charge in [-0.2, -0.15) is 0 Å². The first-order valence-electron chi connectivity index (χ1n) is 5.39. The predicted molar refractivity (Wildman–Crippen MR) is 66.5 cm³/mol. The third-order valence-corrected chi connectivity index (χ3v) is 3.34. The van der Waals surface area contributed by atoms with Gasteiger partial charge in [-0.15, -0.1) is 0 Å². The number of hydrogen-bond acceptors (Lipinski definition) is 5. The molecule has 0 unspecified atom stereocenters. The molecule has 6 heteroatoms. The van der Waals surface area contributed by atoms with Gasteiger partial charge in [0.1, 0.15) is 22.4 Å². The average Bonchev–Trinajstić information content (AvgIpc) is 2.22. The van der Waals surface area contributed by atoms with Gasteiger partial charge in [-0.05, 0) is 35.7 Å². The van der Waals surface area contributed by atoms with Crippen LogP contribution in [-0.2, 0) is 0 Å². The highest BCUT2D eigenvalue weighted by atomic mass is 79.9. The molecule has 1 aliphatic rings. The van der Waals surface area contributed by atoms with Gasteiger partial charge in [-0.25, -0.2) is 9.97 Å². The minimum atomic E-state index is -0.161. The molecule has 1 saturated carbocycles. The van der Waals surface area contributed by atoms with Crippen molar-refractivity contribution in [3.63, 3.8) is 0 Å². The second kappa shape index (κ2) is 4.97. The zero-order chi connectivity index (χ0) is 11.5. The summed E-state index contributed by atoms with van der Waals surface area (Å²) >= 11 is 3.47. The van der Waals surface area contributed by atoms with Crippen LogP contribution in [0.3, 0.4) is 0 Å². The van der Waals surface area contributed by atoms with Crippen molar-refractivity contribution in [1.82, 2.24) is 9.97 Å². The Morgan fingerprint density at radius 1 is 1.44 bits per heavy atom. The van der Waals surface area contributed by atoms with Crippen molar-refractivity contribution in [3.8, 4) is 0 Å². The number of rotatable bonds is 4. The average molecular weight is 287 g/mol. The van der Waals surface area contributed by atoms with Gasteiger partial charge >= 0.3 is 0 Å². The summed E-state index contributed by atoms with van der Waals surface area (Å²) < 4.78 is 0.846. The van der Waals surface area contributed by atoms with Gasteiger partial charge < -0.3 is 15.7 Å². The Morgan fingerprint density at radius 3 is 2.75 bits per heavy atom. The first-order chi connectivity index (χ1) is 7.70.